The van der Waals surface area contributed by atoms with E-state index in [9.17, 15) is 4.79 Å². The highest BCUT2D eigenvalue weighted by Gasteiger charge is 2.22. The van der Waals surface area contributed by atoms with Crippen LogP contribution in [0.5, 0.6) is 5.75 Å². The number of benzene rings is 2. The van der Waals surface area contributed by atoms with Gasteiger partial charge in [-0.05, 0) is 42.5 Å². The Balaban J connectivity index is 1.47. The summed E-state index contributed by atoms with van der Waals surface area (Å²) >= 11 is 0. The van der Waals surface area contributed by atoms with E-state index in [1.807, 2.05) is 35.2 Å². The molecule has 1 aromatic heterocycles. The van der Waals surface area contributed by atoms with Crippen molar-refractivity contribution >= 4 is 5.91 Å². The van der Waals surface area contributed by atoms with Crippen LogP contribution in [-0.4, -0.2) is 40.9 Å². The fourth-order valence-corrected chi connectivity index (χ4v) is 3.93. The maximum absolute atomic E-state index is 12.7. The van der Waals surface area contributed by atoms with Crippen LogP contribution in [0.2, 0.25) is 0 Å². The first kappa shape index (κ1) is 21.1. The molecule has 1 amide bonds. The molecular formula is C25H29N3O3. The maximum atomic E-state index is 12.7. The van der Waals surface area contributed by atoms with Crippen LogP contribution in [0.4, 0.5) is 0 Å². The summed E-state index contributed by atoms with van der Waals surface area (Å²) in [6.45, 7) is 3.62. The molecule has 0 aliphatic carbocycles. The van der Waals surface area contributed by atoms with Crippen molar-refractivity contribution in [2.45, 2.75) is 38.9 Å². The lowest BCUT2D eigenvalue weighted by Gasteiger charge is -2.25. The molecule has 0 radical (unpaired) electrons. The van der Waals surface area contributed by atoms with Crippen LogP contribution in [-0.2, 0) is 19.6 Å². The Morgan fingerprint density at radius 3 is 2.32 bits per heavy atom. The van der Waals surface area contributed by atoms with Gasteiger partial charge in [0, 0.05) is 26.2 Å². The number of likely N-dealkylation sites (tertiary alicyclic amines) is 1. The van der Waals surface area contributed by atoms with Gasteiger partial charge in [-0.15, -0.1) is 0 Å². The Morgan fingerprint density at radius 1 is 0.968 bits per heavy atom. The van der Waals surface area contributed by atoms with E-state index in [0.29, 0.717) is 18.1 Å². The zero-order valence-electron chi connectivity index (χ0n) is 18.0. The lowest BCUT2D eigenvalue weighted by Crippen LogP contribution is -2.35. The molecule has 31 heavy (non-hydrogen) atoms. The number of hydrogen-bond donors (Lipinski definition) is 0. The summed E-state index contributed by atoms with van der Waals surface area (Å²) < 4.78 is 11.0. The highest BCUT2D eigenvalue weighted by molar-refractivity contribution is 5.92. The van der Waals surface area contributed by atoms with Crippen molar-refractivity contribution in [1.29, 1.82) is 0 Å². The number of rotatable bonds is 8. The van der Waals surface area contributed by atoms with Crippen LogP contribution in [0.15, 0.2) is 65.3 Å². The Labute approximate surface area is 183 Å². The summed E-state index contributed by atoms with van der Waals surface area (Å²) in [7, 11) is 1.67. The van der Waals surface area contributed by atoms with Gasteiger partial charge in [0.2, 0.25) is 5.89 Å². The minimum atomic E-state index is -0.0283. The summed E-state index contributed by atoms with van der Waals surface area (Å²) in [5.74, 6) is 1.37. The molecule has 0 N–H and O–H groups in total. The third kappa shape index (κ3) is 5.73. The Hall–Kier alpha value is -3.12. The second-order valence-corrected chi connectivity index (χ2v) is 7.96. The van der Waals surface area contributed by atoms with Gasteiger partial charge in [0.25, 0.3) is 5.91 Å². The number of oxazole rings is 1. The van der Waals surface area contributed by atoms with E-state index in [1.54, 1.807) is 7.11 Å². The molecule has 4 rings (SSSR count). The molecule has 2 aromatic carbocycles. The molecule has 1 aliphatic heterocycles. The molecule has 0 bridgehead atoms. The molecule has 162 valence electrons. The molecule has 1 saturated heterocycles. The molecule has 3 aromatic rings. The quantitative estimate of drug-likeness (QED) is 0.538. The van der Waals surface area contributed by atoms with Crippen molar-refractivity contribution in [3.8, 4) is 5.75 Å². The molecule has 1 fully saturated rings. The minimum Gasteiger partial charge on any atom is -0.497 e. The predicted molar refractivity (Wildman–Crippen MR) is 119 cm³/mol. The molecular weight excluding hydrogens is 390 g/mol. The molecule has 0 atom stereocenters. The monoisotopic (exact) mass is 419 g/mol. The first-order chi connectivity index (χ1) is 15.2. The van der Waals surface area contributed by atoms with Gasteiger partial charge in [0.15, 0.2) is 5.69 Å². The van der Waals surface area contributed by atoms with Gasteiger partial charge in [-0.1, -0.05) is 42.5 Å². The third-order valence-electron chi connectivity index (χ3n) is 5.59. The first-order valence-corrected chi connectivity index (χ1v) is 10.8. The fraction of sp³-hybridized carbons (Fsp3) is 0.360. The number of piperidine rings is 1. The van der Waals surface area contributed by atoms with Gasteiger partial charge < -0.3 is 14.1 Å². The SMILES string of the molecule is COc1ccc(CN(Cc2ccccc2)Cc2nc(C(=O)N3CCCCC3)co2)cc1. The van der Waals surface area contributed by atoms with Crippen LogP contribution in [0.1, 0.15) is 46.8 Å². The lowest BCUT2D eigenvalue weighted by molar-refractivity contribution is 0.0718. The van der Waals surface area contributed by atoms with Gasteiger partial charge in [-0.2, -0.15) is 0 Å². The standard InChI is InChI=1S/C25H29N3O3/c1-30-22-12-10-21(11-13-22)17-27(16-20-8-4-2-5-9-20)18-24-26-23(19-31-24)25(29)28-14-6-3-7-15-28/h2,4-5,8-13,19H,3,6-7,14-18H2,1H3. The van der Waals surface area contributed by atoms with E-state index < -0.39 is 0 Å². The van der Waals surface area contributed by atoms with Crippen molar-refractivity contribution in [1.82, 2.24) is 14.8 Å². The number of nitrogens with zero attached hydrogens (tertiary/aromatic N) is 3. The van der Waals surface area contributed by atoms with Crippen LogP contribution >= 0.6 is 0 Å². The normalized spacial score (nSPS) is 14.1. The van der Waals surface area contributed by atoms with Crippen molar-refractivity contribution in [3.05, 3.63) is 83.6 Å². The Morgan fingerprint density at radius 2 is 1.65 bits per heavy atom. The molecule has 1 aliphatic rings. The van der Waals surface area contributed by atoms with Crippen molar-refractivity contribution in [2.75, 3.05) is 20.2 Å². The number of carbonyl (C=O) groups is 1. The number of ether oxygens (including phenoxy) is 1. The molecule has 2 heterocycles. The summed E-state index contributed by atoms with van der Waals surface area (Å²) in [5, 5.41) is 0. The highest BCUT2D eigenvalue weighted by Crippen LogP contribution is 2.18. The second kappa shape index (κ2) is 10.3. The largest absolute Gasteiger partial charge is 0.497 e. The van der Waals surface area contributed by atoms with Gasteiger partial charge in [-0.3, -0.25) is 9.69 Å². The van der Waals surface area contributed by atoms with E-state index in [4.69, 9.17) is 9.15 Å². The topological polar surface area (TPSA) is 58.8 Å². The van der Waals surface area contributed by atoms with Crippen molar-refractivity contribution < 1.29 is 13.9 Å². The predicted octanol–water partition coefficient (Wildman–Crippen LogP) is 4.51. The average Bonchev–Trinajstić information content (AvgIpc) is 3.29. The molecule has 0 saturated carbocycles. The van der Waals surface area contributed by atoms with E-state index in [2.05, 4.69) is 34.1 Å². The highest BCUT2D eigenvalue weighted by atomic mass is 16.5. The summed E-state index contributed by atoms with van der Waals surface area (Å²) in [6.07, 6.45) is 4.81. The second-order valence-electron chi connectivity index (χ2n) is 7.96. The molecule has 6 heteroatoms. The van der Waals surface area contributed by atoms with E-state index in [1.165, 1.54) is 23.8 Å². The summed E-state index contributed by atoms with van der Waals surface area (Å²) in [6, 6.07) is 18.4. The summed E-state index contributed by atoms with van der Waals surface area (Å²) in [5.41, 5.74) is 2.79. The Kier molecular flexibility index (Phi) is 6.99. The fourth-order valence-electron chi connectivity index (χ4n) is 3.93. The molecule has 6 nitrogen and oxygen atoms in total. The van der Waals surface area contributed by atoms with Crippen LogP contribution < -0.4 is 4.74 Å². The number of aromatic nitrogens is 1. The van der Waals surface area contributed by atoms with Gasteiger partial charge in [0.1, 0.15) is 12.0 Å². The average molecular weight is 420 g/mol. The maximum Gasteiger partial charge on any atom is 0.275 e. The molecule has 0 unspecified atom stereocenters. The van der Waals surface area contributed by atoms with Crippen LogP contribution in [0, 0.1) is 0 Å². The Bertz CT molecular complexity index is 963. The van der Waals surface area contributed by atoms with Gasteiger partial charge in [-0.25, -0.2) is 4.98 Å². The summed E-state index contributed by atoms with van der Waals surface area (Å²) in [4.78, 5) is 21.4. The van der Waals surface area contributed by atoms with E-state index in [0.717, 1.165) is 44.8 Å². The zero-order chi connectivity index (χ0) is 21.5. The number of methoxy groups -OCH3 is 1. The van der Waals surface area contributed by atoms with Crippen molar-refractivity contribution in [3.63, 3.8) is 0 Å². The lowest BCUT2D eigenvalue weighted by atomic mass is 10.1. The first-order valence-electron chi connectivity index (χ1n) is 10.8. The van der Waals surface area contributed by atoms with E-state index >= 15 is 0 Å². The third-order valence-corrected chi connectivity index (χ3v) is 5.59. The smallest absolute Gasteiger partial charge is 0.275 e. The number of amides is 1. The zero-order valence-corrected chi connectivity index (χ0v) is 18.0. The van der Waals surface area contributed by atoms with Crippen molar-refractivity contribution in [2.24, 2.45) is 0 Å². The molecule has 0 spiro atoms. The van der Waals surface area contributed by atoms with E-state index in [-0.39, 0.29) is 5.91 Å². The van der Waals surface area contributed by atoms with Gasteiger partial charge in [0.05, 0.1) is 13.7 Å². The minimum absolute atomic E-state index is 0.0283. The van der Waals surface area contributed by atoms with Crippen LogP contribution in [0.25, 0.3) is 0 Å². The van der Waals surface area contributed by atoms with Crippen LogP contribution in [0.3, 0.4) is 0 Å². The number of carbonyl (C=O) groups excluding carboxylic acids is 1. The number of hydrogen-bond acceptors (Lipinski definition) is 5. The van der Waals surface area contributed by atoms with Gasteiger partial charge >= 0.3 is 0 Å².